The van der Waals surface area contributed by atoms with Crippen LogP contribution in [0.25, 0.3) is 33.6 Å². The summed E-state index contributed by atoms with van der Waals surface area (Å²) >= 11 is 0. The van der Waals surface area contributed by atoms with Gasteiger partial charge in [0.2, 0.25) is 11.8 Å². The SMILES string of the molecule is O=C([CH]C1CC1)N1C(c2nc(-c3ccc(-c4ccc(-c5c[nH]c([C@@H]6C[C@H]7CC7N6C(=O)[CH]C6CC6)n5)cc4)cc3)c[nH]2)CC2CC21. The number of imidazole rings is 2. The summed E-state index contributed by atoms with van der Waals surface area (Å²) in [6, 6.07) is 18.0. The maximum atomic E-state index is 13.0. The second-order valence-corrected chi connectivity index (χ2v) is 14.6. The zero-order valence-electron chi connectivity index (χ0n) is 25.8. The molecule has 6 aliphatic rings. The third kappa shape index (κ3) is 4.79. The summed E-state index contributed by atoms with van der Waals surface area (Å²) in [5.74, 6) is 4.43. The molecule has 2 saturated heterocycles. The van der Waals surface area contributed by atoms with Gasteiger partial charge in [-0.05, 0) is 86.2 Å². The van der Waals surface area contributed by atoms with Crippen molar-refractivity contribution in [3.63, 3.8) is 0 Å². The lowest BCUT2D eigenvalue weighted by atomic mass is 10.0. The normalized spacial score (nSPS) is 29.1. The van der Waals surface area contributed by atoms with E-state index >= 15 is 0 Å². The average Bonchev–Trinajstić information content (AvgIpc) is 4.06. The molecule has 8 heteroatoms. The smallest absolute Gasteiger partial charge is 0.227 e. The molecule has 0 bridgehead atoms. The van der Waals surface area contributed by atoms with Crippen molar-refractivity contribution in [2.45, 2.75) is 75.5 Å². The number of piperidine rings is 2. The van der Waals surface area contributed by atoms with Crippen LogP contribution >= 0.6 is 0 Å². The second-order valence-electron chi connectivity index (χ2n) is 14.6. The number of fused-ring (bicyclic) bond motifs is 2. The molecule has 8 nitrogen and oxygen atoms in total. The lowest BCUT2D eigenvalue weighted by molar-refractivity contribution is -0.130. The van der Waals surface area contributed by atoms with Gasteiger partial charge in [-0.15, -0.1) is 0 Å². The maximum absolute atomic E-state index is 13.0. The summed E-state index contributed by atoms with van der Waals surface area (Å²) < 4.78 is 0. The van der Waals surface area contributed by atoms with E-state index in [0.717, 1.165) is 96.7 Å². The number of amides is 2. The Hall–Kier alpha value is -4.20. The highest BCUT2D eigenvalue weighted by Gasteiger charge is 2.56. The van der Waals surface area contributed by atoms with Crippen molar-refractivity contribution in [1.29, 1.82) is 0 Å². The van der Waals surface area contributed by atoms with Crippen LogP contribution in [0.3, 0.4) is 0 Å². The zero-order valence-corrected chi connectivity index (χ0v) is 25.8. The van der Waals surface area contributed by atoms with Crippen LogP contribution in [0.15, 0.2) is 60.9 Å². The lowest BCUT2D eigenvalue weighted by Crippen LogP contribution is -2.34. The van der Waals surface area contributed by atoms with Crippen LogP contribution in [-0.4, -0.2) is 53.6 Å². The van der Waals surface area contributed by atoms with Crippen molar-refractivity contribution in [1.82, 2.24) is 29.7 Å². The van der Waals surface area contributed by atoms with Crippen molar-refractivity contribution in [3.05, 3.63) is 85.4 Å². The summed E-state index contributed by atoms with van der Waals surface area (Å²) in [7, 11) is 0. The monoisotopic (exact) mass is 610 g/mol. The molecule has 6 atom stereocenters. The predicted octanol–water partition coefficient (Wildman–Crippen LogP) is 6.69. The van der Waals surface area contributed by atoms with Gasteiger partial charge in [0.05, 0.1) is 36.3 Å². The number of hydrogen-bond donors (Lipinski definition) is 2. The summed E-state index contributed by atoms with van der Waals surface area (Å²) in [5.41, 5.74) is 6.23. The number of hydrogen-bond acceptors (Lipinski definition) is 4. The highest BCUT2D eigenvalue weighted by Crippen LogP contribution is 2.55. The van der Waals surface area contributed by atoms with Crippen LogP contribution < -0.4 is 0 Å². The highest BCUT2D eigenvalue weighted by atomic mass is 16.2. The van der Waals surface area contributed by atoms with E-state index < -0.39 is 0 Å². The predicted molar refractivity (Wildman–Crippen MR) is 173 cm³/mol. The fourth-order valence-electron chi connectivity index (χ4n) is 8.11. The molecule has 232 valence electrons. The molecule has 46 heavy (non-hydrogen) atoms. The number of H-pyrrole nitrogens is 2. The van der Waals surface area contributed by atoms with Gasteiger partial charge in [0, 0.05) is 35.6 Å². The first-order chi connectivity index (χ1) is 22.6. The first-order valence-electron chi connectivity index (χ1n) is 17.2. The van der Waals surface area contributed by atoms with E-state index in [0.29, 0.717) is 35.8 Å². The molecule has 2 aromatic heterocycles. The molecule has 10 rings (SSSR count). The van der Waals surface area contributed by atoms with Crippen LogP contribution in [0.2, 0.25) is 0 Å². The van der Waals surface area contributed by atoms with Crippen molar-refractivity contribution < 1.29 is 9.59 Å². The Morgan fingerprint density at radius 1 is 0.587 bits per heavy atom. The molecule has 4 aromatic rings. The van der Waals surface area contributed by atoms with Gasteiger partial charge < -0.3 is 19.8 Å². The summed E-state index contributed by atoms with van der Waals surface area (Å²) in [6.45, 7) is 0. The Morgan fingerprint density at radius 2 is 0.978 bits per heavy atom. The van der Waals surface area contributed by atoms with Crippen LogP contribution in [-0.2, 0) is 9.59 Å². The molecule has 2 N–H and O–H groups in total. The molecule has 2 radical (unpaired) electrons. The van der Waals surface area contributed by atoms with Crippen LogP contribution in [0.5, 0.6) is 0 Å². The van der Waals surface area contributed by atoms with E-state index in [4.69, 9.17) is 9.97 Å². The number of carbonyl (C=O) groups is 2. The van der Waals surface area contributed by atoms with Gasteiger partial charge in [-0.25, -0.2) is 9.97 Å². The average molecular weight is 611 g/mol. The summed E-state index contributed by atoms with van der Waals surface area (Å²) in [5, 5.41) is 0. The number of carbonyl (C=O) groups excluding carboxylic acids is 2. The Balaban J connectivity index is 0.817. The molecular formula is C38H38N6O2. The van der Waals surface area contributed by atoms with Gasteiger partial charge in [0.25, 0.3) is 0 Å². The van der Waals surface area contributed by atoms with E-state index in [1.807, 2.05) is 25.2 Å². The molecule has 4 heterocycles. The van der Waals surface area contributed by atoms with Gasteiger partial charge >= 0.3 is 0 Å². The lowest BCUT2D eigenvalue weighted by Gasteiger charge is -2.26. The number of likely N-dealkylation sites (tertiary alicyclic amines) is 2. The van der Waals surface area contributed by atoms with E-state index in [1.54, 1.807) is 0 Å². The number of benzene rings is 2. The number of nitrogens with one attached hydrogen (secondary N) is 2. The first kappa shape index (κ1) is 27.0. The third-order valence-corrected chi connectivity index (χ3v) is 11.2. The minimum absolute atomic E-state index is 0.0550. The Morgan fingerprint density at radius 3 is 1.37 bits per heavy atom. The Kier molecular flexibility index (Phi) is 5.95. The van der Waals surface area contributed by atoms with Crippen LogP contribution in [0.4, 0.5) is 0 Å². The summed E-state index contributed by atoms with van der Waals surface area (Å²) in [4.78, 5) is 46.9. The van der Waals surface area contributed by atoms with Gasteiger partial charge in [-0.3, -0.25) is 9.59 Å². The molecule has 0 spiro atoms. The van der Waals surface area contributed by atoms with Gasteiger partial charge in [-0.1, -0.05) is 48.5 Å². The second kappa shape index (κ2) is 10.1. The molecule has 4 unspecified atom stereocenters. The van der Waals surface area contributed by atoms with Gasteiger partial charge in [0.15, 0.2) is 0 Å². The number of rotatable bonds is 9. The number of aromatic amines is 2. The quantitative estimate of drug-likeness (QED) is 0.221. The van der Waals surface area contributed by atoms with Crippen LogP contribution in [0.1, 0.15) is 75.1 Å². The fourth-order valence-corrected chi connectivity index (χ4v) is 8.11. The molecule has 2 amide bonds. The zero-order chi connectivity index (χ0) is 30.5. The fraction of sp³-hybridized carbons (Fsp3) is 0.421. The standard InChI is InChI=1S/C38H38N6O2/c45-35(13-21-1-2-21)43-31-15-27(31)17-33(43)37-39-19-29(41-37)25-9-5-23(6-10-25)24-7-11-26(12-8-24)30-20-40-38(42-30)34-18-28-16-32(28)44(34)36(46)14-22-3-4-22/h5-14,19-22,27-28,31-34H,1-4,15-18H2,(H,39,41)(H,40,42)/t27-,28?,31?,32?,33+,34?/m1/s1. The first-order valence-corrected chi connectivity index (χ1v) is 17.2. The highest BCUT2D eigenvalue weighted by molar-refractivity contribution is 5.87. The molecule has 4 aliphatic carbocycles. The molecule has 2 aromatic carbocycles. The summed E-state index contributed by atoms with van der Waals surface area (Å²) in [6.07, 6.45) is 16.7. The van der Waals surface area contributed by atoms with Gasteiger partial charge in [-0.2, -0.15) is 0 Å². The minimum Gasteiger partial charge on any atom is -0.346 e. The maximum Gasteiger partial charge on any atom is 0.227 e. The van der Waals surface area contributed by atoms with Crippen molar-refractivity contribution in [3.8, 4) is 33.6 Å². The number of nitrogens with zero attached hydrogens (tertiary/aromatic N) is 4. The van der Waals surface area contributed by atoms with E-state index in [1.165, 1.54) is 0 Å². The molecular weight excluding hydrogens is 572 g/mol. The van der Waals surface area contributed by atoms with E-state index in [9.17, 15) is 9.59 Å². The molecule has 2 aliphatic heterocycles. The van der Waals surface area contributed by atoms with E-state index in [2.05, 4.69) is 68.3 Å². The Labute approximate surface area is 269 Å². The third-order valence-electron chi connectivity index (χ3n) is 11.2. The van der Waals surface area contributed by atoms with Crippen LogP contribution in [0, 0.1) is 36.5 Å². The van der Waals surface area contributed by atoms with Crippen molar-refractivity contribution >= 4 is 11.8 Å². The van der Waals surface area contributed by atoms with Crippen molar-refractivity contribution in [2.24, 2.45) is 23.7 Å². The number of aromatic nitrogens is 4. The molecule has 4 saturated carbocycles. The molecule has 6 fully saturated rings. The van der Waals surface area contributed by atoms with E-state index in [-0.39, 0.29) is 23.9 Å². The van der Waals surface area contributed by atoms with Gasteiger partial charge in [0.1, 0.15) is 11.6 Å². The van der Waals surface area contributed by atoms with Crippen molar-refractivity contribution in [2.75, 3.05) is 0 Å². The topological polar surface area (TPSA) is 98.0 Å². The Bertz CT molecular complexity index is 1680. The largest absolute Gasteiger partial charge is 0.346 e. The minimum atomic E-state index is 0.0550.